The summed E-state index contributed by atoms with van der Waals surface area (Å²) in [5, 5.41) is 3.29. The molecule has 2 N–H and O–H groups in total. The number of aryl methyl sites for hydroxylation is 1. The predicted octanol–water partition coefficient (Wildman–Crippen LogP) is 3.44. The highest BCUT2D eigenvalue weighted by atomic mass is 19.1. The molecule has 5 nitrogen and oxygen atoms in total. The Morgan fingerprint density at radius 3 is 2.69 bits per heavy atom. The van der Waals surface area contributed by atoms with E-state index in [4.69, 9.17) is 0 Å². The smallest absolute Gasteiger partial charge is 0.251 e. The number of Topliss-reactive ketones (excluding diaryl/α,β-unsaturated/α-hetero) is 1. The molecule has 0 fully saturated rings. The third-order valence-corrected chi connectivity index (χ3v) is 4.06. The van der Waals surface area contributed by atoms with E-state index in [0.29, 0.717) is 27.7 Å². The van der Waals surface area contributed by atoms with Crippen LogP contribution >= 0.6 is 0 Å². The minimum atomic E-state index is -0.390. The number of hydrogen-bond acceptors (Lipinski definition) is 3. The van der Waals surface area contributed by atoms with Crippen molar-refractivity contribution in [3.63, 3.8) is 0 Å². The van der Waals surface area contributed by atoms with Gasteiger partial charge in [-0.1, -0.05) is 12.1 Å². The molecule has 1 amide bonds. The summed E-state index contributed by atoms with van der Waals surface area (Å²) < 4.78 is 13.3. The third-order valence-electron chi connectivity index (χ3n) is 4.06. The first-order chi connectivity index (χ1) is 12.4. The summed E-state index contributed by atoms with van der Waals surface area (Å²) >= 11 is 0. The molecule has 0 bridgehead atoms. The Kier molecular flexibility index (Phi) is 4.93. The molecule has 0 unspecified atom stereocenters. The van der Waals surface area contributed by atoms with Crippen molar-refractivity contribution < 1.29 is 14.0 Å². The topological polar surface area (TPSA) is 79.0 Å². The van der Waals surface area contributed by atoms with Gasteiger partial charge in [-0.05, 0) is 49.7 Å². The van der Waals surface area contributed by atoms with Gasteiger partial charge in [-0.15, -0.1) is 0 Å². The summed E-state index contributed by atoms with van der Waals surface area (Å²) in [4.78, 5) is 38.3. The maximum atomic E-state index is 13.3. The Morgan fingerprint density at radius 1 is 1.12 bits per heavy atom. The first-order valence-corrected chi connectivity index (χ1v) is 8.15. The summed E-state index contributed by atoms with van der Waals surface area (Å²) in [6, 6.07) is 12.4. The Labute approximate surface area is 148 Å². The molecule has 2 aromatic carbocycles. The number of nitrogens with one attached hydrogen (secondary N) is 2. The van der Waals surface area contributed by atoms with Crippen molar-refractivity contribution in [1.29, 1.82) is 0 Å². The number of hydrogen-bond donors (Lipinski definition) is 2. The van der Waals surface area contributed by atoms with Crippen molar-refractivity contribution in [1.82, 2.24) is 4.98 Å². The Morgan fingerprint density at radius 2 is 1.92 bits per heavy atom. The molecule has 26 heavy (non-hydrogen) atoms. The highest BCUT2D eigenvalue weighted by molar-refractivity contribution is 5.97. The summed E-state index contributed by atoms with van der Waals surface area (Å²) in [6.45, 7) is 1.45. The molecule has 0 spiro atoms. The van der Waals surface area contributed by atoms with Gasteiger partial charge in [-0.25, -0.2) is 4.39 Å². The second kappa shape index (κ2) is 7.31. The van der Waals surface area contributed by atoms with Crippen LogP contribution in [0.4, 0.5) is 10.1 Å². The molecular formula is C20H17FN2O3. The number of fused-ring (bicyclic) bond motifs is 1. The van der Waals surface area contributed by atoms with Gasteiger partial charge in [-0.3, -0.25) is 14.4 Å². The molecule has 0 aliphatic heterocycles. The maximum absolute atomic E-state index is 13.3. The first-order valence-electron chi connectivity index (χ1n) is 8.15. The molecule has 0 saturated heterocycles. The number of amides is 1. The quantitative estimate of drug-likeness (QED) is 0.691. The van der Waals surface area contributed by atoms with Crippen LogP contribution in [0, 0.1) is 5.82 Å². The van der Waals surface area contributed by atoms with Crippen LogP contribution in [0.1, 0.15) is 29.3 Å². The van der Waals surface area contributed by atoms with Crippen LogP contribution in [0.15, 0.2) is 53.3 Å². The number of halogens is 1. The maximum Gasteiger partial charge on any atom is 0.251 e. The number of benzene rings is 2. The van der Waals surface area contributed by atoms with Gasteiger partial charge in [0.25, 0.3) is 5.56 Å². The van der Waals surface area contributed by atoms with Gasteiger partial charge >= 0.3 is 0 Å². The number of H-pyrrole nitrogens is 1. The lowest BCUT2D eigenvalue weighted by Gasteiger charge is -2.07. The number of aromatic nitrogens is 1. The van der Waals surface area contributed by atoms with Crippen LogP contribution in [0.2, 0.25) is 0 Å². The molecule has 3 rings (SSSR count). The predicted molar refractivity (Wildman–Crippen MR) is 97.9 cm³/mol. The van der Waals surface area contributed by atoms with E-state index in [-0.39, 0.29) is 30.1 Å². The lowest BCUT2D eigenvalue weighted by atomic mass is 10.1. The molecule has 0 saturated carbocycles. The molecule has 3 aromatic rings. The second-order valence-corrected chi connectivity index (χ2v) is 6.04. The number of aromatic amines is 1. The van der Waals surface area contributed by atoms with Crippen LogP contribution < -0.4 is 10.9 Å². The van der Waals surface area contributed by atoms with Crippen LogP contribution in [-0.4, -0.2) is 16.7 Å². The molecular weight excluding hydrogens is 335 g/mol. The van der Waals surface area contributed by atoms with Gasteiger partial charge in [0.15, 0.2) is 5.78 Å². The summed E-state index contributed by atoms with van der Waals surface area (Å²) in [5.74, 6) is -0.751. The Bertz CT molecular complexity index is 1060. The minimum absolute atomic E-state index is 0.0870. The van der Waals surface area contributed by atoms with Crippen molar-refractivity contribution in [2.45, 2.75) is 19.8 Å². The van der Waals surface area contributed by atoms with Gasteiger partial charge in [0.05, 0.1) is 0 Å². The van der Waals surface area contributed by atoms with Crippen LogP contribution in [-0.2, 0) is 11.2 Å². The average molecular weight is 352 g/mol. The van der Waals surface area contributed by atoms with Crippen molar-refractivity contribution in [3.8, 4) is 0 Å². The van der Waals surface area contributed by atoms with Gasteiger partial charge < -0.3 is 10.3 Å². The van der Waals surface area contributed by atoms with Gasteiger partial charge in [0, 0.05) is 34.1 Å². The largest absolute Gasteiger partial charge is 0.326 e. The highest BCUT2D eigenvalue weighted by Crippen LogP contribution is 2.15. The summed E-state index contributed by atoms with van der Waals surface area (Å²) in [6.07, 6.45) is 0.314. The molecule has 132 valence electrons. The number of anilines is 1. The first kappa shape index (κ1) is 17.5. The monoisotopic (exact) mass is 352 g/mol. The fourth-order valence-corrected chi connectivity index (χ4v) is 2.70. The van der Waals surface area contributed by atoms with E-state index in [1.807, 2.05) is 0 Å². The number of pyridine rings is 1. The SMILES string of the molecule is CC(=O)c1cccc(NC(=O)CCc2cc3cc(F)ccc3[nH]c2=O)c1. The lowest BCUT2D eigenvalue weighted by molar-refractivity contribution is -0.116. The van der Waals surface area contributed by atoms with E-state index >= 15 is 0 Å². The molecule has 0 radical (unpaired) electrons. The highest BCUT2D eigenvalue weighted by Gasteiger charge is 2.09. The van der Waals surface area contributed by atoms with Gasteiger partial charge in [-0.2, -0.15) is 0 Å². The zero-order chi connectivity index (χ0) is 18.7. The van der Waals surface area contributed by atoms with Crippen molar-refractivity contribution in [2.75, 3.05) is 5.32 Å². The van der Waals surface area contributed by atoms with Gasteiger partial charge in [0.2, 0.25) is 5.91 Å². The third kappa shape index (κ3) is 4.03. The molecule has 1 heterocycles. The summed E-state index contributed by atoms with van der Waals surface area (Å²) in [5.41, 5.74) is 1.70. The molecule has 1 aromatic heterocycles. The van der Waals surface area contributed by atoms with E-state index in [1.54, 1.807) is 30.3 Å². The van der Waals surface area contributed by atoms with Gasteiger partial charge in [0.1, 0.15) is 5.82 Å². The van der Waals surface area contributed by atoms with E-state index in [9.17, 15) is 18.8 Å². The summed E-state index contributed by atoms with van der Waals surface area (Å²) in [7, 11) is 0. The molecule has 0 aliphatic rings. The fraction of sp³-hybridized carbons (Fsp3) is 0.150. The van der Waals surface area contributed by atoms with E-state index < -0.39 is 5.82 Å². The van der Waals surface area contributed by atoms with Crippen molar-refractivity contribution in [2.24, 2.45) is 0 Å². The number of rotatable bonds is 5. The second-order valence-electron chi connectivity index (χ2n) is 6.04. The number of carbonyl (C=O) groups excluding carboxylic acids is 2. The molecule has 0 aliphatic carbocycles. The fourth-order valence-electron chi connectivity index (χ4n) is 2.70. The molecule has 6 heteroatoms. The average Bonchev–Trinajstić information content (AvgIpc) is 2.60. The van der Waals surface area contributed by atoms with E-state index in [2.05, 4.69) is 10.3 Å². The van der Waals surface area contributed by atoms with Crippen LogP contribution in [0.25, 0.3) is 10.9 Å². The Hall–Kier alpha value is -3.28. The van der Waals surface area contributed by atoms with Crippen molar-refractivity contribution in [3.05, 3.63) is 75.8 Å². The molecule has 0 atom stereocenters. The number of ketones is 1. The van der Waals surface area contributed by atoms with Crippen LogP contribution in [0.5, 0.6) is 0 Å². The van der Waals surface area contributed by atoms with E-state index in [0.717, 1.165) is 0 Å². The zero-order valence-corrected chi connectivity index (χ0v) is 14.1. The number of carbonyl (C=O) groups is 2. The Balaban J connectivity index is 1.70. The standard InChI is InChI=1S/C20H17FN2O3/c1-12(24)13-3-2-4-17(11-13)22-19(25)8-5-14-9-15-10-16(21)6-7-18(15)23-20(14)26/h2-4,6-7,9-11H,5,8H2,1H3,(H,22,25)(H,23,26). The normalized spacial score (nSPS) is 10.7. The minimum Gasteiger partial charge on any atom is -0.326 e. The lowest BCUT2D eigenvalue weighted by Crippen LogP contribution is -2.17. The van der Waals surface area contributed by atoms with Crippen LogP contribution in [0.3, 0.4) is 0 Å². The zero-order valence-electron chi connectivity index (χ0n) is 14.1. The van der Waals surface area contributed by atoms with E-state index in [1.165, 1.54) is 25.1 Å². The van der Waals surface area contributed by atoms with Crippen molar-refractivity contribution >= 4 is 28.3 Å².